The molecule has 5 heteroatoms. The molecule has 0 unspecified atom stereocenters. The standard InChI is InChI=1S/C16H19NO3S/c18-15(13-5-1-2-6-14(13)16(19)20)17(11-7-8-11)10-12-4-3-9-21-12/h1-4,9,11,13-14H,5-8,10H2,(H,19,20)/t13-,14+/m1/s1. The smallest absolute Gasteiger partial charge is 0.307 e. The number of nitrogens with zero attached hydrogens (tertiary/aromatic N) is 1. The van der Waals surface area contributed by atoms with Gasteiger partial charge in [0.25, 0.3) is 0 Å². The van der Waals surface area contributed by atoms with Crippen molar-refractivity contribution in [3.8, 4) is 0 Å². The van der Waals surface area contributed by atoms with E-state index in [4.69, 9.17) is 0 Å². The van der Waals surface area contributed by atoms with Crippen LogP contribution in [0, 0.1) is 11.8 Å². The Morgan fingerprint density at radius 2 is 1.95 bits per heavy atom. The van der Waals surface area contributed by atoms with Gasteiger partial charge in [-0.2, -0.15) is 0 Å². The van der Waals surface area contributed by atoms with Crippen molar-refractivity contribution >= 4 is 23.2 Å². The maximum Gasteiger partial charge on any atom is 0.307 e. The highest BCUT2D eigenvalue weighted by Gasteiger charge is 2.41. The lowest BCUT2D eigenvalue weighted by atomic mass is 9.82. The van der Waals surface area contributed by atoms with Gasteiger partial charge in [0, 0.05) is 10.9 Å². The molecule has 0 spiro atoms. The molecule has 1 aromatic heterocycles. The van der Waals surface area contributed by atoms with Gasteiger partial charge in [-0.1, -0.05) is 18.2 Å². The van der Waals surface area contributed by atoms with Gasteiger partial charge in [-0.05, 0) is 37.1 Å². The molecule has 1 aromatic rings. The summed E-state index contributed by atoms with van der Waals surface area (Å²) in [5.74, 6) is -1.83. The van der Waals surface area contributed by atoms with Crippen LogP contribution in [0.2, 0.25) is 0 Å². The topological polar surface area (TPSA) is 57.6 Å². The number of hydrogen-bond donors (Lipinski definition) is 1. The molecule has 21 heavy (non-hydrogen) atoms. The average molecular weight is 305 g/mol. The van der Waals surface area contributed by atoms with Crippen LogP contribution in [0.25, 0.3) is 0 Å². The number of rotatable bonds is 5. The van der Waals surface area contributed by atoms with Crippen LogP contribution < -0.4 is 0 Å². The normalized spacial score (nSPS) is 24.8. The summed E-state index contributed by atoms with van der Waals surface area (Å²) in [5, 5.41) is 11.4. The molecule has 0 radical (unpaired) electrons. The zero-order chi connectivity index (χ0) is 14.8. The Bertz CT molecular complexity index is 548. The highest BCUT2D eigenvalue weighted by Crippen LogP contribution is 2.34. The largest absolute Gasteiger partial charge is 0.481 e. The van der Waals surface area contributed by atoms with Crippen LogP contribution in [0.5, 0.6) is 0 Å². The molecule has 4 nitrogen and oxygen atoms in total. The predicted octanol–water partition coefficient (Wildman–Crippen LogP) is 2.91. The third kappa shape index (κ3) is 3.18. The van der Waals surface area contributed by atoms with Crippen LogP contribution in [-0.4, -0.2) is 27.9 Å². The summed E-state index contributed by atoms with van der Waals surface area (Å²) in [6.45, 7) is 0.619. The lowest BCUT2D eigenvalue weighted by Gasteiger charge is -2.31. The van der Waals surface area contributed by atoms with E-state index in [0.29, 0.717) is 25.4 Å². The first-order chi connectivity index (χ1) is 10.2. The molecule has 2 aliphatic rings. The molecule has 0 aliphatic heterocycles. The molecule has 1 heterocycles. The SMILES string of the molecule is O=C(O)[C@H]1CC=CC[C@H]1C(=O)N(Cc1cccs1)C1CC1. The van der Waals surface area contributed by atoms with Gasteiger partial charge in [-0.3, -0.25) is 9.59 Å². The fourth-order valence-electron chi connectivity index (χ4n) is 2.92. The number of carbonyl (C=O) groups is 2. The number of carbonyl (C=O) groups excluding carboxylic acids is 1. The van der Waals surface area contributed by atoms with Gasteiger partial charge < -0.3 is 10.0 Å². The predicted molar refractivity (Wildman–Crippen MR) is 80.9 cm³/mol. The van der Waals surface area contributed by atoms with E-state index in [2.05, 4.69) is 0 Å². The molecule has 1 N–H and O–H groups in total. The third-order valence-corrected chi connectivity index (χ3v) is 5.10. The van der Waals surface area contributed by atoms with Crippen molar-refractivity contribution in [2.75, 3.05) is 0 Å². The van der Waals surface area contributed by atoms with Crippen LogP contribution in [0.1, 0.15) is 30.6 Å². The Kier molecular flexibility index (Phi) is 4.10. The van der Waals surface area contributed by atoms with E-state index in [-0.39, 0.29) is 5.91 Å². The second-order valence-electron chi connectivity index (χ2n) is 5.77. The lowest BCUT2D eigenvalue weighted by molar-refractivity contribution is -0.151. The highest BCUT2D eigenvalue weighted by molar-refractivity contribution is 7.09. The van der Waals surface area contributed by atoms with Gasteiger partial charge in [0.2, 0.25) is 5.91 Å². The zero-order valence-corrected chi connectivity index (χ0v) is 12.6. The van der Waals surface area contributed by atoms with Gasteiger partial charge >= 0.3 is 5.97 Å². The number of aliphatic carboxylic acids is 1. The van der Waals surface area contributed by atoms with Crippen LogP contribution in [0.4, 0.5) is 0 Å². The van der Waals surface area contributed by atoms with Gasteiger partial charge in [0.15, 0.2) is 0 Å². The molecule has 0 saturated heterocycles. The molecule has 112 valence electrons. The number of amides is 1. The average Bonchev–Trinajstić information content (AvgIpc) is 3.20. The second kappa shape index (κ2) is 6.02. The van der Waals surface area contributed by atoms with Gasteiger partial charge in [0.1, 0.15) is 0 Å². The number of carboxylic acid groups (broad SMARTS) is 1. The molecule has 1 saturated carbocycles. The van der Waals surface area contributed by atoms with Crippen molar-refractivity contribution in [3.05, 3.63) is 34.5 Å². The van der Waals surface area contributed by atoms with E-state index >= 15 is 0 Å². The van der Waals surface area contributed by atoms with E-state index in [0.717, 1.165) is 17.7 Å². The van der Waals surface area contributed by atoms with Crippen molar-refractivity contribution in [3.63, 3.8) is 0 Å². The second-order valence-corrected chi connectivity index (χ2v) is 6.80. The van der Waals surface area contributed by atoms with Crippen molar-refractivity contribution in [1.82, 2.24) is 4.90 Å². The van der Waals surface area contributed by atoms with E-state index in [1.165, 1.54) is 0 Å². The Hall–Kier alpha value is -1.62. The molecule has 2 atom stereocenters. The third-order valence-electron chi connectivity index (χ3n) is 4.24. The minimum absolute atomic E-state index is 0.0163. The minimum Gasteiger partial charge on any atom is -0.481 e. The van der Waals surface area contributed by atoms with E-state index in [1.54, 1.807) is 11.3 Å². The van der Waals surface area contributed by atoms with Crippen LogP contribution >= 0.6 is 11.3 Å². The maximum atomic E-state index is 12.9. The molecule has 2 aliphatic carbocycles. The molecular weight excluding hydrogens is 286 g/mol. The van der Waals surface area contributed by atoms with Crippen molar-refractivity contribution in [1.29, 1.82) is 0 Å². The Morgan fingerprint density at radius 3 is 2.52 bits per heavy atom. The first kappa shape index (κ1) is 14.3. The fourth-order valence-corrected chi connectivity index (χ4v) is 3.62. The summed E-state index contributed by atoms with van der Waals surface area (Å²) < 4.78 is 0. The molecule has 0 aromatic carbocycles. The molecule has 0 bridgehead atoms. The fraction of sp³-hybridized carbons (Fsp3) is 0.500. The van der Waals surface area contributed by atoms with Crippen LogP contribution in [0.3, 0.4) is 0 Å². The Morgan fingerprint density at radius 1 is 1.24 bits per heavy atom. The maximum absolute atomic E-state index is 12.9. The summed E-state index contributed by atoms with van der Waals surface area (Å²) in [5.41, 5.74) is 0. The number of allylic oxidation sites excluding steroid dienone is 2. The van der Waals surface area contributed by atoms with Crippen molar-refractivity contribution in [2.45, 2.75) is 38.3 Å². The summed E-state index contributed by atoms with van der Waals surface area (Å²) in [6, 6.07) is 4.32. The van der Waals surface area contributed by atoms with E-state index < -0.39 is 17.8 Å². The number of thiophene rings is 1. The first-order valence-corrected chi connectivity index (χ1v) is 8.25. The Balaban J connectivity index is 1.76. The molecule has 1 fully saturated rings. The van der Waals surface area contributed by atoms with Gasteiger partial charge in [-0.25, -0.2) is 0 Å². The van der Waals surface area contributed by atoms with Crippen LogP contribution in [-0.2, 0) is 16.1 Å². The zero-order valence-electron chi connectivity index (χ0n) is 11.8. The van der Waals surface area contributed by atoms with Gasteiger partial charge in [-0.15, -0.1) is 11.3 Å². The summed E-state index contributed by atoms with van der Waals surface area (Å²) >= 11 is 1.64. The minimum atomic E-state index is -0.857. The molecular formula is C16H19NO3S. The monoisotopic (exact) mass is 305 g/mol. The summed E-state index contributed by atoms with van der Waals surface area (Å²) in [4.78, 5) is 27.3. The highest BCUT2D eigenvalue weighted by atomic mass is 32.1. The first-order valence-electron chi connectivity index (χ1n) is 7.37. The summed E-state index contributed by atoms with van der Waals surface area (Å²) in [6.07, 6.45) is 6.91. The van der Waals surface area contributed by atoms with Gasteiger partial charge in [0.05, 0.1) is 18.4 Å². The van der Waals surface area contributed by atoms with Crippen molar-refractivity contribution in [2.24, 2.45) is 11.8 Å². The summed E-state index contributed by atoms with van der Waals surface area (Å²) in [7, 11) is 0. The Labute approximate surface area is 128 Å². The molecule has 3 rings (SSSR count). The lowest BCUT2D eigenvalue weighted by Crippen LogP contribution is -2.42. The van der Waals surface area contributed by atoms with Crippen molar-refractivity contribution < 1.29 is 14.7 Å². The molecule has 1 amide bonds. The van der Waals surface area contributed by atoms with Crippen LogP contribution in [0.15, 0.2) is 29.7 Å². The number of carboxylic acids is 1. The quantitative estimate of drug-likeness (QED) is 0.851. The number of hydrogen-bond acceptors (Lipinski definition) is 3. The van der Waals surface area contributed by atoms with E-state index in [9.17, 15) is 14.7 Å². The van der Waals surface area contributed by atoms with E-state index in [1.807, 2.05) is 34.6 Å².